The second kappa shape index (κ2) is 12.8. The molecule has 0 bridgehead atoms. The van der Waals surface area contributed by atoms with Crippen LogP contribution in [-0.4, -0.2) is 69.4 Å². The summed E-state index contributed by atoms with van der Waals surface area (Å²) in [5.74, 6) is 0.582. The van der Waals surface area contributed by atoms with Crippen LogP contribution in [0.15, 0.2) is 54.9 Å². The van der Waals surface area contributed by atoms with E-state index in [2.05, 4.69) is 25.3 Å². The van der Waals surface area contributed by atoms with Crippen LogP contribution in [0, 0.1) is 5.92 Å². The summed E-state index contributed by atoms with van der Waals surface area (Å²) < 4.78 is 41.5. The van der Waals surface area contributed by atoms with E-state index in [1.807, 2.05) is 17.0 Å². The van der Waals surface area contributed by atoms with E-state index >= 15 is 0 Å². The molecule has 0 radical (unpaired) electrons. The standard InChI is InChI=1S/C30H33F2N7O3/c31-27(32)28-35-23-3-1-2-4-24(23)39(28)25-19-26(37-30(36-25)38-15-17-41-18-16-38)42-22-7-5-21(6-8-22)29(40)34-14-11-20-9-12-33-13-10-20/h1-4,9-10,12-13,19,21-22,27H,5-8,11,14-18H2,(H,34,40). The molecule has 220 valence electrons. The van der Waals surface area contributed by atoms with Gasteiger partial charge in [0.1, 0.15) is 11.9 Å². The van der Waals surface area contributed by atoms with Crippen LogP contribution >= 0.6 is 0 Å². The fourth-order valence-corrected chi connectivity index (χ4v) is 5.55. The summed E-state index contributed by atoms with van der Waals surface area (Å²) in [5, 5.41) is 3.05. The molecule has 42 heavy (non-hydrogen) atoms. The lowest BCUT2D eigenvalue weighted by molar-refractivity contribution is -0.126. The molecule has 1 aromatic carbocycles. The van der Waals surface area contributed by atoms with Gasteiger partial charge in [-0.2, -0.15) is 9.97 Å². The minimum absolute atomic E-state index is 0.0629. The number of nitrogens with one attached hydrogen (secondary N) is 1. The fourth-order valence-electron chi connectivity index (χ4n) is 5.55. The number of carbonyl (C=O) groups is 1. The van der Waals surface area contributed by atoms with Gasteiger partial charge in [-0.25, -0.2) is 13.8 Å². The number of fused-ring (bicyclic) bond motifs is 1. The lowest BCUT2D eigenvalue weighted by atomic mass is 9.86. The van der Waals surface area contributed by atoms with Gasteiger partial charge in [-0.3, -0.25) is 14.3 Å². The summed E-state index contributed by atoms with van der Waals surface area (Å²) in [7, 11) is 0. The number of ether oxygens (including phenoxy) is 2. The van der Waals surface area contributed by atoms with E-state index in [9.17, 15) is 13.6 Å². The lowest BCUT2D eigenvalue weighted by Gasteiger charge is -2.29. The fraction of sp³-hybridized carbons (Fsp3) is 0.433. The Labute approximate surface area is 242 Å². The maximum Gasteiger partial charge on any atom is 0.296 e. The monoisotopic (exact) mass is 577 g/mol. The molecule has 4 heterocycles. The van der Waals surface area contributed by atoms with Crippen LogP contribution in [0.2, 0.25) is 0 Å². The number of anilines is 1. The normalized spacial score (nSPS) is 19.3. The first-order valence-corrected chi connectivity index (χ1v) is 14.4. The number of halogens is 2. The Bertz CT molecular complexity index is 1500. The zero-order chi connectivity index (χ0) is 28.9. The zero-order valence-electron chi connectivity index (χ0n) is 23.2. The maximum absolute atomic E-state index is 14.1. The van der Waals surface area contributed by atoms with Gasteiger partial charge in [0, 0.05) is 44.0 Å². The number of aromatic nitrogens is 5. The van der Waals surface area contributed by atoms with Gasteiger partial charge in [-0.15, -0.1) is 0 Å². The van der Waals surface area contributed by atoms with Gasteiger partial charge >= 0.3 is 0 Å². The number of imidazole rings is 1. The lowest BCUT2D eigenvalue weighted by Crippen LogP contribution is -2.38. The number of nitrogens with zero attached hydrogens (tertiary/aromatic N) is 6. The largest absolute Gasteiger partial charge is 0.474 e. The first kappa shape index (κ1) is 28.0. The van der Waals surface area contributed by atoms with Crippen molar-refractivity contribution < 1.29 is 23.0 Å². The van der Waals surface area contributed by atoms with E-state index in [1.54, 1.807) is 42.7 Å². The van der Waals surface area contributed by atoms with Crippen LogP contribution in [0.4, 0.5) is 14.7 Å². The van der Waals surface area contributed by atoms with Crippen molar-refractivity contribution in [1.82, 2.24) is 29.8 Å². The van der Waals surface area contributed by atoms with Crippen molar-refractivity contribution in [2.75, 3.05) is 37.7 Å². The highest BCUT2D eigenvalue weighted by atomic mass is 19.3. The molecule has 1 amide bonds. The molecule has 10 nitrogen and oxygen atoms in total. The molecule has 3 aromatic heterocycles. The highest BCUT2D eigenvalue weighted by molar-refractivity contribution is 5.79. The Morgan fingerprint density at radius 1 is 1.02 bits per heavy atom. The Balaban J connectivity index is 1.17. The van der Waals surface area contributed by atoms with Crippen molar-refractivity contribution in [2.24, 2.45) is 5.92 Å². The smallest absolute Gasteiger partial charge is 0.296 e. The molecule has 2 fully saturated rings. The van der Waals surface area contributed by atoms with Crippen LogP contribution in [0.1, 0.15) is 43.5 Å². The number of rotatable bonds is 9. The minimum Gasteiger partial charge on any atom is -0.474 e. The highest BCUT2D eigenvalue weighted by Gasteiger charge is 2.29. The molecule has 1 N–H and O–H groups in total. The molecule has 1 aliphatic carbocycles. The molecular weight excluding hydrogens is 544 g/mol. The second-order valence-electron chi connectivity index (χ2n) is 10.5. The summed E-state index contributed by atoms with van der Waals surface area (Å²) in [4.78, 5) is 32.3. The maximum atomic E-state index is 14.1. The predicted octanol–water partition coefficient (Wildman–Crippen LogP) is 4.28. The van der Waals surface area contributed by atoms with Crippen LogP contribution in [0.3, 0.4) is 0 Å². The Kier molecular flexibility index (Phi) is 8.50. The van der Waals surface area contributed by atoms with Crippen LogP contribution < -0.4 is 15.0 Å². The molecule has 0 atom stereocenters. The van der Waals surface area contributed by atoms with Crippen molar-refractivity contribution >= 4 is 22.9 Å². The number of morpholine rings is 1. The Hall–Kier alpha value is -4.19. The summed E-state index contributed by atoms with van der Waals surface area (Å²) in [6.45, 7) is 2.79. The van der Waals surface area contributed by atoms with Crippen molar-refractivity contribution in [3.05, 3.63) is 66.2 Å². The number of hydrogen-bond acceptors (Lipinski definition) is 8. The van der Waals surface area contributed by atoms with Gasteiger partial charge in [-0.05, 0) is 61.9 Å². The molecule has 12 heteroatoms. The molecular formula is C30H33F2N7O3. The van der Waals surface area contributed by atoms with E-state index in [0.29, 0.717) is 81.4 Å². The number of amides is 1. The number of benzene rings is 1. The topological polar surface area (TPSA) is 107 Å². The molecule has 6 rings (SSSR count). The van der Waals surface area contributed by atoms with Crippen LogP contribution in [-0.2, 0) is 16.0 Å². The average molecular weight is 578 g/mol. The molecule has 0 spiro atoms. The van der Waals surface area contributed by atoms with Crippen molar-refractivity contribution in [2.45, 2.75) is 44.6 Å². The van der Waals surface area contributed by atoms with Gasteiger partial charge < -0.3 is 19.7 Å². The van der Waals surface area contributed by atoms with Crippen molar-refractivity contribution in [1.29, 1.82) is 0 Å². The van der Waals surface area contributed by atoms with Crippen molar-refractivity contribution in [3.8, 4) is 11.7 Å². The average Bonchev–Trinajstić information content (AvgIpc) is 3.42. The number of alkyl halides is 2. The Morgan fingerprint density at radius 3 is 2.55 bits per heavy atom. The number of carbonyl (C=O) groups excluding carboxylic acids is 1. The number of hydrogen-bond donors (Lipinski definition) is 1. The number of pyridine rings is 1. The van der Waals surface area contributed by atoms with Crippen LogP contribution in [0.25, 0.3) is 16.9 Å². The Morgan fingerprint density at radius 2 is 1.79 bits per heavy atom. The predicted molar refractivity (Wildman–Crippen MR) is 152 cm³/mol. The number of para-hydroxylation sites is 2. The molecule has 1 saturated carbocycles. The zero-order valence-corrected chi connectivity index (χ0v) is 23.2. The summed E-state index contributed by atoms with van der Waals surface area (Å²) >= 11 is 0. The molecule has 1 saturated heterocycles. The quantitative estimate of drug-likeness (QED) is 0.314. The van der Waals surface area contributed by atoms with E-state index in [-0.39, 0.29) is 29.6 Å². The minimum atomic E-state index is -2.80. The third kappa shape index (κ3) is 6.33. The third-order valence-corrected chi connectivity index (χ3v) is 7.78. The first-order chi connectivity index (χ1) is 20.5. The second-order valence-corrected chi connectivity index (χ2v) is 10.5. The third-order valence-electron chi connectivity index (χ3n) is 7.78. The summed E-state index contributed by atoms with van der Waals surface area (Å²) in [6.07, 6.45) is 4.07. The van der Waals surface area contributed by atoms with Gasteiger partial charge in [0.2, 0.25) is 17.7 Å². The molecule has 0 unspecified atom stereocenters. The van der Waals surface area contributed by atoms with E-state index in [1.165, 1.54) is 4.57 Å². The first-order valence-electron chi connectivity index (χ1n) is 14.4. The SMILES string of the molecule is O=C(NCCc1ccncc1)C1CCC(Oc2cc(-n3c(C(F)F)nc4ccccc43)nc(N3CCOCC3)n2)CC1. The van der Waals surface area contributed by atoms with Gasteiger partial charge in [0.05, 0.1) is 24.2 Å². The van der Waals surface area contributed by atoms with Crippen molar-refractivity contribution in [3.63, 3.8) is 0 Å². The van der Waals surface area contributed by atoms with E-state index in [4.69, 9.17) is 9.47 Å². The molecule has 4 aromatic rings. The van der Waals surface area contributed by atoms with Gasteiger partial charge in [-0.1, -0.05) is 12.1 Å². The highest BCUT2D eigenvalue weighted by Crippen LogP contribution is 2.32. The summed E-state index contributed by atoms with van der Waals surface area (Å²) in [5.41, 5.74) is 2.12. The van der Waals surface area contributed by atoms with E-state index < -0.39 is 6.43 Å². The molecule has 2 aliphatic rings. The van der Waals surface area contributed by atoms with Gasteiger partial charge in [0.25, 0.3) is 6.43 Å². The van der Waals surface area contributed by atoms with Crippen LogP contribution in [0.5, 0.6) is 5.88 Å². The summed E-state index contributed by atoms with van der Waals surface area (Å²) in [6, 6.07) is 12.5. The van der Waals surface area contributed by atoms with Gasteiger partial charge in [0.15, 0.2) is 5.82 Å². The molecule has 1 aliphatic heterocycles. The van der Waals surface area contributed by atoms with E-state index in [0.717, 1.165) is 12.0 Å².